The van der Waals surface area contributed by atoms with Gasteiger partial charge in [-0.25, -0.2) is 0 Å². The monoisotopic (exact) mass is 292 g/mol. The average molecular weight is 292 g/mol. The Morgan fingerprint density at radius 1 is 1.35 bits per heavy atom. The molecular formula is C15H20N2O2S. The van der Waals surface area contributed by atoms with Gasteiger partial charge in [0.05, 0.1) is 12.5 Å². The van der Waals surface area contributed by atoms with E-state index in [0.29, 0.717) is 18.0 Å². The van der Waals surface area contributed by atoms with Crippen LogP contribution in [0.15, 0.2) is 24.3 Å². The molecule has 4 nitrogen and oxygen atoms in total. The second kappa shape index (κ2) is 7.36. The molecule has 1 saturated heterocycles. The molecule has 0 aliphatic carbocycles. The van der Waals surface area contributed by atoms with Gasteiger partial charge in [0.2, 0.25) is 5.91 Å². The molecule has 3 N–H and O–H groups in total. The Morgan fingerprint density at radius 3 is 2.70 bits per heavy atom. The zero-order valence-electron chi connectivity index (χ0n) is 11.4. The van der Waals surface area contributed by atoms with Gasteiger partial charge >= 0.3 is 0 Å². The molecule has 108 valence electrons. The smallest absolute Gasteiger partial charge is 0.224 e. The van der Waals surface area contributed by atoms with Crippen LogP contribution >= 0.6 is 12.2 Å². The number of rotatable bonds is 5. The van der Waals surface area contributed by atoms with Crippen LogP contribution in [0.5, 0.6) is 0 Å². The summed E-state index contributed by atoms with van der Waals surface area (Å²) in [5.41, 5.74) is 7.30. The normalized spacial score (nSPS) is 18.5. The molecule has 1 heterocycles. The van der Waals surface area contributed by atoms with Crippen molar-refractivity contribution in [3.8, 4) is 0 Å². The number of nitrogens with two attached hydrogens (primary N) is 1. The Hall–Kier alpha value is -1.46. The number of ether oxygens (including phenoxy) is 1. The van der Waals surface area contributed by atoms with Crippen molar-refractivity contribution in [1.29, 1.82) is 0 Å². The number of thiocarbonyl (C=S) groups is 1. The van der Waals surface area contributed by atoms with E-state index in [-0.39, 0.29) is 12.0 Å². The molecule has 2 rings (SSSR count). The van der Waals surface area contributed by atoms with Crippen LogP contribution < -0.4 is 11.1 Å². The summed E-state index contributed by atoms with van der Waals surface area (Å²) >= 11 is 4.89. The molecule has 0 saturated carbocycles. The molecular weight excluding hydrogens is 272 g/mol. The predicted octanol–water partition coefficient (Wildman–Crippen LogP) is 1.55. The van der Waals surface area contributed by atoms with E-state index < -0.39 is 0 Å². The number of carbonyl (C=O) groups excluding carboxylic acids is 1. The molecule has 0 bridgehead atoms. The highest BCUT2D eigenvalue weighted by Gasteiger charge is 2.14. The number of amides is 1. The van der Waals surface area contributed by atoms with E-state index >= 15 is 0 Å². The molecule has 1 aliphatic rings. The van der Waals surface area contributed by atoms with Gasteiger partial charge < -0.3 is 15.8 Å². The number of nitrogens with one attached hydrogen (secondary N) is 1. The van der Waals surface area contributed by atoms with E-state index in [4.69, 9.17) is 22.7 Å². The summed E-state index contributed by atoms with van der Waals surface area (Å²) in [6.45, 7) is 1.41. The van der Waals surface area contributed by atoms with E-state index in [1.807, 2.05) is 24.3 Å². The summed E-state index contributed by atoms with van der Waals surface area (Å²) in [6, 6.07) is 7.45. The minimum atomic E-state index is 0.0160. The first-order chi connectivity index (χ1) is 9.65. The highest BCUT2D eigenvalue weighted by atomic mass is 32.1. The molecule has 1 aromatic carbocycles. The fourth-order valence-electron chi connectivity index (χ4n) is 2.23. The Kier molecular flexibility index (Phi) is 5.49. The van der Waals surface area contributed by atoms with E-state index in [1.165, 1.54) is 6.42 Å². The Bertz CT molecular complexity index is 467. The Balaban J connectivity index is 1.77. The van der Waals surface area contributed by atoms with Crippen molar-refractivity contribution in [3.63, 3.8) is 0 Å². The van der Waals surface area contributed by atoms with E-state index in [9.17, 15) is 4.79 Å². The molecule has 20 heavy (non-hydrogen) atoms. The first-order valence-electron chi connectivity index (χ1n) is 6.92. The summed E-state index contributed by atoms with van der Waals surface area (Å²) in [6.07, 6.45) is 3.87. The average Bonchev–Trinajstić information content (AvgIpc) is 2.47. The first-order valence-corrected chi connectivity index (χ1v) is 7.33. The van der Waals surface area contributed by atoms with E-state index in [0.717, 1.165) is 30.6 Å². The van der Waals surface area contributed by atoms with Crippen molar-refractivity contribution >= 4 is 23.1 Å². The minimum absolute atomic E-state index is 0.0160. The van der Waals surface area contributed by atoms with Crippen LogP contribution in [0.1, 0.15) is 30.4 Å². The predicted molar refractivity (Wildman–Crippen MR) is 82.6 cm³/mol. The van der Waals surface area contributed by atoms with Crippen LogP contribution in [0.25, 0.3) is 0 Å². The lowest BCUT2D eigenvalue weighted by Crippen LogP contribution is -2.36. The molecule has 5 heteroatoms. The maximum Gasteiger partial charge on any atom is 0.224 e. The summed E-state index contributed by atoms with van der Waals surface area (Å²) in [5.74, 6) is 0.0160. The van der Waals surface area contributed by atoms with Crippen molar-refractivity contribution in [3.05, 3.63) is 35.4 Å². The first kappa shape index (κ1) is 14.9. The van der Waals surface area contributed by atoms with Gasteiger partial charge in [0.1, 0.15) is 4.99 Å². The van der Waals surface area contributed by atoms with Gasteiger partial charge in [-0.3, -0.25) is 4.79 Å². The standard InChI is InChI=1S/C15H20N2O2S/c16-15(20)12-6-4-11(5-7-12)9-14(18)17-10-13-3-1-2-8-19-13/h4-7,13H,1-3,8-10H2,(H2,16,20)(H,17,18). The maximum atomic E-state index is 11.9. The number of hydrogen-bond donors (Lipinski definition) is 2. The molecule has 1 atom stereocenters. The van der Waals surface area contributed by atoms with Crippen molar-refractivity contribution in [1.82, 2.24) is 5.32 Å². The quantitative estimate of drug-likeness (QED) is 0.808. The highest BCUT2D eigenvalue weighted by Crippen LogP contribution is 2.11. The Labute approximate surface area is 124 Å². The van der Waals surface area contributed by atoms with E-state index in [2.05, 4.69) is 5.32 Å². The minimum Gasteiger partial charge on any atom is -0.389 e. The lowest BCUT2D eigenvalue weighted by molar-refractivity contribution is -0.121. The van der Waals surface area contributed by atoms with Gasteiger partial charge in [0.25, 0.3) is 0 Å². The number of carbonyl (C=O) groups is 1. The molecule has 1 fully saturated rings. The number of benzene rings is 1. The maximum absolute atomic E-state index is 11.9. The van der Waals surface area contributed by atoms with Gasteiger partial charge in [-0.15, -0.1) is 0 Å². The topological polar surface area (TPSA) is 64.4 Å². The van der Waals surface area contributed by atoms with Crippen LogP contribution in [-0.4, -0.2) is 30.2 Å². The second-order valence-corrected chi connectivity index (χ2v) is 5.47. The van der Waals surface area contributed by atoms with Crippen LogP contribution in [0.2, 0.25) is 0 Å². The molecule has 1 unspecified atom stereocenters. The van der Waals surface area contributed by atoms with Crippen LogP contribution in [0.3, 0.4) is 0 Å². The van der Waals surface area contributed by atoms with Crippen molar-refractivity contribution in [2.45, 2.75) is 31.8 Å². The van der Waals surface area contributed by atoms with Crippen molar-refractivity contribution in [2.24, 2.45) is 5.73 Å². The fraction of sp³-hybridized carbons (Fsp3) is 0.467. The van der Waals surface area contributed by atoms with Gasteiger partial charge in [-0.05, 0) is 24.8 Å². The zero-order chi connectivity index (χ0) is 14.4. The second-order valence-electron chi connectivity index (χ2n) is 5.03. The molecule has 0 radical (unpaired) electrons. The lowest BCUT2D eigenvalue weighted by atomic mass is 10.1. The van der Waals surface area contributed by atoms with Crippen LogP contribution in [-0.2, 0) is 16.0 Å². The SMILES string of the molecule is NC(=S)c1ccc(CC(=O)NCC2CCCCO2)cc1. The third kappa shape index (κ3) is 4.58. The summed E-state index contributed by atoms with van der Waals surface area (Å²) in [7, 11) is 0. The summed E-state index contributed by atoms with van der Waals surface area (Å²) < 4.78 is 5.58. The number of hydrogen-bond acceptors (Lipinski definition) is 3. The van der Waals surface area contributed by atoms with Crippen LogP contribution in [0.4, 0.5) is 0 Å². The third-order valence-corrected chi connectivity index (χ3v) is 3.64. The summed E-state index contributed by atoms with van der Waals surface area (Å²) in [5, 5.41) is 2.92. The molecule has 0 spiro atoms. The van der Waals surface area contributed by atoms with Crippen molar-refractivity contribution < 1.29 is 9.53 Å². The van der Waals surface area contributed by atoms with E-state index in [1.54, 1.807) is 0 Å². The largest absolute Gasteiger partial charge is 0.389 e. The lowest BCUT2D eigenvalue weighted by Gasteiger charge is -2.22. The van der Waals surface area contributed by atoms with Gasteiger partial charge in [0, 0.05) is 18.7 Å². The van der Waals surface area contributed by atoms with Crippen LogP contribution in [0, 0.1) is 0 Å². The summed E-state index contributed by atoms with van der Waals surface area (Å²) in [4.78, 5) is 12.2. The van der Waals surface area contributed by atoms with Gasteiger partial charge in [-0.1, -0.05) is 36.5 Å². The zero-order valence-corrected chi connectivity index (χ0v) is 12.2. The molecule has 0 aromatic heterocycles. The highest BCUT2D eigenvalue weighted by molar-refractivity contribution is 7.80. The van der Waals surface area contributed by atoms with Gasteiger partial charge in [0.15, 0.2) is 0 Å². The Morgan fingerprint density at radius 2 is 2.10 bits per heavy atom. The van der Waals surface area contributed by atoms with Gasteiger partial charge in [-0.2, -0.15) is 0 Å². The molecule has 1 aromatic rings. The molecule has 1 aliphatic heterocycles. The fourth-order valence-corrected chi connectivity index (χ4v) is 2.37. The van der Waals surface area contributed by atoms with Crippen molar-refractivity contribution in [2.75, 3.05) is 13.2 Å². The molecule has 1 amide bonds. The third-order valence-electron chi connectivity index (χ3n) is 3.40.